The topological polar surface area (TPSA) is 86.8 Å². The first-order valence-electron chi connectivity index (χ1n) is 12.3. The maximum absolute atomic E-state index is 15.7. The zero-order chi connectivity index (χ0) is 28.3. The molecule has 2 aliphatic heterocycles. The summed E-state index contributed by atoms with van der Waals surface area (Å²) in [5.74, 6) is -2.67. The fourth-order valence-corrected chi connectivity index (χ4v) is 5.83. The largest absolute Gasteiger partial charge is 0.401 e. The Balaban J connectivity index is 1.72. The van der Waals surface area contributed by atoms with E-state index < -0.39 is 57.9 Å². The molecular weight excluding hydrogens is 550 g/mol. The molecule has 2 saturated heterocycles. The fourth-order valence-electron chi connectivity index (χ4n) is 5.03. The third-order valence-electron chi connectivity index (χ3n) is 6.89. The van der Waals surface area contributed by atoms with Crippen molar-refractivity contribution in [3.8, 4) is 0 Å². The number of rotatable bonds is 7. The van der Waals surface area contributed by atoms with E-state index in [4.69, 9.17) is 11.6 Å². The van der Waals surface area contributed by atoms with Crippen molar-refractivity contribution in [1.29, 1.82) is 0 Å². The van der Waals surface area contributed by atoms with Crippen LogP contribution in [0.2, 0.25) is 5.02 Å². The predicted molar refractivity (Wildman–Crippen MR) is 136 cm³/mol. The standard InChI is InChI=1S/C25H32ClF4N3O4S/c1-17(8-13-38(2,36)37)31-23(35)24(27)9-5-11-33(12-10-24)22(34)20-15-32(16-25(28,29)30)14-19(20)18-6-3-4-7-21(18)26/h3-4,6-8,13,17,19-20H,5,9-12,14-16H2,1-2H3,(H,31,35)/b13-8+/t17-,19+,20+,24-/m1/s1. The Morgan fingerprint density at radius 2 is 1.89 bits per heavy atom. The van der Waals surface area contributed by atoms with Crippen molar-refractivity contribution in [1.82, 2.24) is 15.1 Å². The molecule has 0 bridgehead atoms. The van der Waals surface area contributed by atoms with Crippen LogP contribution in [-0.2, 0) is 19.4 Å². The van der Waals surface area contributed by atoms with Crippen molar-refractivity contribution in [2.45, 2.75) is 50.0 Å². The molecule has 13 heteroatoms. The smallest absolute Gasteiger partial charge is 0.347 e. The number of alkyl halides is 4. The minimum Gasteiger partial charge on any atom is -0.347 e. The van der Waals surface area contributed by atoms with Crippen LogP contribution in [0.4, 0.5) is 17.6 Å². The Morgan fingerprint density at radius 1 is 1.21 bits per heavy atom. The molecular formula is C25H32ClF4N3O4S. The van der Waals surface area contributed by atoms with E-state index in [0.717, 1.165) is 11.7 Å². The van der Waals surface area contributed by atoms with Crippen molar-refractivity contribution in [3.05, 3.63) is 46.3 Å². The molecule has 2 aliphatic rings. The molecule has 38 heavy (non-hydrogen) atoms. The van der Waals surface area contributed by atoms with Crippen molar-refractivity contribution >= 4 is 33.3 Å². The lowest BCUT2D eigenvalue weighted by Gasteiger charge is -2.28. The number of hydrogen-bond acceptors (Lipinski definition) is 5. The third-order valence-corrected chi connectivity index (χ3v) is 7.89. The highest BCUT2D eigenvalue weighted by Crippen LogP contribution is 2.39. The number of carbonyl (C=O) groups is 2. The van der Waals surface area contributed by atoms with Crippen LogP contribution in [0.25, 0.3) is 0 Å². The van der Waals surface area contributed by atoms with Gasteiger partial charge in [-0.2, -0.15) is 13.2 Å². The number of hydrogen-bond donors (Lipinski definition) is 1. The monoisotopic (exact) mass is 581 g/mol. The summed E-state index contributed by atoms with van der Waals surface area (Å²) in [5.41, 5.74) is -1.69. The zero-order valence-electron chi connectivity index (χ0n) is 21.2. The first-order valence-corrected chi connectivity index (χ1v) is 14.6. The van der Waals surface area contributed by atoms with Gasteiger partial charge in [0.05, 0.1) is 12.5 Å². The van der Waals surface area contributed by atoms with E-state index in [1.165, 1.54) is 22.8 Å². The molecule has 4 atom stereocenters. The number of benzene rings is 1. The number of carbonyl (C=O) groups excluding carboxylic acids is 2. The van der Waals surface area contributed by atoms with Gasteiger partial charge in [0.25, 0.3) is 5.91 Å². The highest BCUT2D eigenvalue weighted by atomic mass is 35.5. The highest BCUT2D eigenvalue weighted by molar-refractivity contribution is 7.93. The second kappa shape index (κ2) is 11.9. The maximum atomic E-state index is 15.7. The molecule has 0 radical (unpaired) electrons. The number of nitrogens with one attached hydrogen (secondary N) is 1. The van der Waals surface area contributed by atoms with E-state index in [1.807, 2.05) is 0 Å². The van der Waals surface area contributed by atoms with Gasteiger partial charge in [-0.1, -0.05) is 35.9 Å². The molecule has 1 aromatic rings. The van der Waals surface area contributed by atoms with Crippen molar-refractivity contribution in [2.24, 2.45) is 5.92 Å². The maximum Gasteiger partial charge on any atom is 0.401 e. The zero-order valence-corrected chi connectivity index (χ0v) is 22.8. The van der Waals surface area contributed by atoms with Crippen LogP contribution in [-0.4, -0.2) is 86.9 Å². The van der Waals surface area contributed by atoms with Gasteiger partial charge in [-0.05, 0) is 31.4 Å². The summed E-state index contributed by atoms with van der Waals surface area (Å²) in [4.78, 5) is 28.9. The number of likely N-dealkylation sites (tertiary alicyclic amines) is 2. The Hall–Kier alpha value is -2.18. The highest BCUT2D eigenvalue weighted by Gasteiger charge is 2.46. The normalized spacial score (nSPS) is 26.3. The molecule has 0 spiro atoms. The molecule has 2 amide bonds. The first-order chi connectivity index (χ1) is 17.6. The molecule has 0 unspecified atom stereocenters. The summed E-state index contributed by atoms with van der Waals surface area (Å²) in [5, 5.41) is 3.74. The van der Waals surface area contributed by atoms with E-state index in [2.05, 4.69) is 5.32 Å². The minimum absolute atomic E-state index is 0.00182. The average Bonchev–Trinajstić information content (AvgIpc) is 3.09. The van der Waals surface area contributed by atoms with Gasteiger partial charge in [0.15, 0.2) is 15.5 Å². The third kappa shape index (κ3) is 8.16. The van der Waals surface area contributed by atoms with Crippen LogP contribution >= 0.6 is 11.6 Å². The Labute approximate surface area is 225 Å². The summed E-state index contributed by atoms with van der Waals surface area (Å²) < 4.78 is 77.6. The SMILES string of the molecule is C[C@H](/C=C/S(C)(=O)=O)NC(=O)[C@@]1(F)CCCN(C(=O)[C@H]2CN(CC(F)(F)F)C[C@H]2c2ccccc2Cl)CC1. The lowest BCUT2D eigenvalue weighted by molar-refractivity contribution is -0.146. The van der Waals surface area contributed by atoms with Crippen LogP contribution in [0.15, 0.2) is 35.7 Å². The summed E-state index contributed by atoms with van der Waals surface area (Å²) in [6.07, 6.45) is -2.45. The minimum atomic E-state index is -4.43. The second-order valence-corrected chi connectivity index (χ2v) is 12.4. The first kappa shape index (κ1) is 30.4. The van der Waals surface area contributed by atoms with Crippen LogP contribution < -0.4 is 5.32 Å². The summed E-state index contributed by atoms with van der Waals surface area (Å²) >= 11 is 6.33. The average molecular weight is 582 g/mol. The quantitative estimate of drug-likeness (QED) is 0.496. The van der Waals surface area contributed by atoms with Gasteiger partial charge in [0.1, 0.15) is 0 Å². The summed E-state index contributed by atoms with van der Waals surface area (Å²) in [7, 11) is -3.41. The molecule has 1 N–H and O–H groups in total. The lowest BCUT2D eigenvalue weighted by atomic mass is 9.87. The molecule has 212 valence electrons. The van der Waals surface area contributed by atoms with E-state index in [0.29, 0.717) is 10.6 Å². The summed E-state index contributed by atoms with van der Waals surface area (Å²) in [6, 6.07) is 6.00. The summed E-state index contributed by atoms with van der Waals surface area (Å²) in [6.45, 7) is 0.320. The predicted octanol–water partition coefficient (Wildman–Crippen LogP) is 3.70. The molecule has 3 rings (SSSR count). The molecule has 0 aliphatic carbocycles. The van der Waals surface area contributed by atoms with Gasteiger partial charge >= 0.3 is 6.18 Å². The van der Waals surface area contributed by atoms with Crippen molar-refractivity contribution in [3.63, 3.8) is 0 Å². The van der Waals surface area contributed by atoms with E-state index >= 15 is 4.39 Å². The molecule has 2 fully saturated rings. The van der Waals surface area contributed by atoms with Gasteiger partial charge in [-0.3, -0.25) is 14.5 Å². The second-order valence-electron chi connectivity index (χ2n) is 10.1. The molecule has 0 aromatic heterocycles. The van der Waals surface area contributed by atoms with Gasteiger partial charge in [0.2, 0.25) is 5.91 Å². The molecule has 1 aromatic carbocycles. The Morgan fingerprint density at radius 3 is 2.53 bits per heavy atom. The van der Waals surface area contributed by atoms with E-state index in [9.17, 15) is 31.2 Å². The van der Waals surface area contributed by atoms with E-state index in [1.54, 1.807) is 24.3 Å². The number of nitrogens with zero attached hydrogens (tertiary/aromatic N) is 2. The molecule has 2 heterocycles. The lowest BCUT2D eigenvalue weighted by Crippen LogP contribution is -2.47. The van der Waals surface area contributed by atoms with Gasteiger partial charge in [-0.25, -0.2) is 12.8 Å². The van der Waals surface area contributed by atoms with Crippen molar-refractivity contribution < 1.29 is 35.6 Å². The van der Waals surface area contributed by atoms with Crippen LogP contribution in [0, 0.1) is 5.92 Å². The Bertz CT molecular complexity index is 1160. The van der Waals surface area contributed by atoms with E-state index in [-0.39, 0.29) is 45.4 Å². The number of halogens is 5. The molecule has 7 nitrogen and oxygen atoms in total. The van der Waals surface area contributed by atoms with Crippen molar-refractivity contribution in [2.75, 3.05) is 39.0 Å². The Kier molecular flexibility index (Phi) is 9.52. The van der Waals surface area contributed by atoms with Crippen LogP contribution in [0.5, 0.6) is 0 Å². The molecule has 0 saturated carbocycles. The van der Waals surface area contributed by atoms with Gasteiger partial charge in [-0.15, -0.1) is 0 Å². The van der Waals surface area contributed by atoms with Gasteiger partial charge in [0, 0.05) is 61.2 Å². The van der Waals surface area contributed by atoms with Crippen LogP contribution in [0.1, 0.15) is 37.7 Å². The van der Waals surface area contributed by atoms with Crippen LogP contribution in [0.3, 0.4) is 0 Å². The number of amides is 2. The van der Waals surface area contributed by atoms with Gasteiger partial charge < -0.3 is 10.2 Å². The fraction of sp³-hybridized carbons (Fsp3) is 0.600. The number of sulfone groups is 1.